The van der Waals surface area contributed by atoms with Crippen molar-refractivity contribution in [1.29, 1.82) is 0 Å². The summed E-state index contributed by atoms with van der Waals surface area (Å²) in [6.07, 6.45) is 0. The van der Waals surface area contributed by atoms with Crippen LogP contribution in [0.5, 0.6) is 5.75 Å². The van der Waals surface area contributed by atoms with E-state index in [1.54, 1.807) is 0 Å². The van der Waals surface area contributed by atoms with Gasteiger partial charge in [-0.3, -0.25) is 0 Å². The van der Waals surface area contributed by atoms with E-state index in [2.05, 4.69) is 36.6 Å². The Morgan fingerprint density at radius 2 is 1.82 bits per heavy atom. The van der Waals surface area contributed by atoms with E-state index in [0.29, 0.717) is 14.7 Å². The molecule has 0 saturated heterocycles. The zero-order chi connectivity index (χ0) is 13.0. The highest BCUT2D eigenvalue weighted by molar-refractivity contribution is 9.11. The average Bonchev–Trinajstić information content (AvgIpc) is 2.27. The van der Waals surface area contributed by atoms with Crippen molar-refractivity contribution in [3.63, 3.8) is 0 Å². The maximum absolute atomic E-state index is 10.9. The highest BCUT2D eigenvalue weighted by atomic mass is 79.9. The van der Waals surface area contributed by atoms with E-state index >= 15 is 0 Å². The lowest BCUT2D eigenvalue weighted by Crippen LogP contribution is -2.13. The van der Waals surface area contributed by atoms with Crippen molar-refractivity contribution >= 4 is 43.8 Å². The normalized spacial score (nSPS) is 9.82. The third kappa shape index (κ3) is 3.71. The number of carboxylic acids is 1. The third-order valence-electron chi connectivity index (χ3n) is 1.81. The Hall–Kier alpha value is -1.08. The van der Waals surface area contributed by atoms with E-state index in [0.717, 1.165) is 0 Å². The molecule has 0 spiro atoms. The molecule has 92 valence electrons. The Balaban J connectivity index is 2.94. The van der Waals surface area contributed by atoms with Crippen LogP contribution >= 0.6 is 31.9 Å². The van der Waals surface area contributed by atoms with E-state index in [-0.39, 0.29) is 12.2 Å². The van der Waals surface area contributed by atoms with Gasteiger partial charge in [0, 0.05) is 0 Å². The molecule has 0 aliphatic rings. The van der Waals surface area contributed by atoms with Gasteiger partial charge >= 0.3 is 11.9 Å². The van der Waals surface area contributed by atoms with E-state index in [9.17, 15) is 9.59 Å². The number of carbonyl (C=O) groups is 2. The molecule has 5 nitrogen and oxygen atoms in total. The SMILES string of the molecule is COC(=O)COc1c(Br)cc(C(=O)O)cc1Br. The second kappa shape index (κ2) is 6.02. The molecule has 17 heavy (non-hydrogen) atoms. The molecule has 0 unspecified atom stereocenters. The minimum Gasteiger partial charge on any atom is -0.480 e. The standard InChI is InChI=1S/C10H8Br2O5/c1-16-8(13)4-17-9-6(11)2-5(10(14)15)3-7(9)12/h2-3H,4H2,1H3,(H,14,15). The molecule has 1 aromatic rings. The van der Waals surface area contributed by atoms with Gasteiger partial charge in [0.05, 0.1) is 21.6 Å². The fraction of sp³-hybridized carbons (Fsp3) is 0.200. The fourth-order valence-corrected chi connectivity index (χ4v) is 2.43. The van der Waals surface area contributed by atoms with Crippen LogP contribution in [0.4, 0.5) is 0 Å². The lowest BCUT2D eigenvalue weighted by atomic mass is 10.2. The van der Waals surface area contributed by atoms with Gasteiger partial charge in [-0.1, -0.05) is 0 Å². The Morgan fingerprint density at radius 3 is 2.24 bits per heavy atom. The van der Waals surface area contributed by atoms with Gasteiger partial charge in [-0.05, 0) is 44.0 Å². The number of benzene rings is 1. The number of rotatable bonds is 4. The molecule has 1 rings (SSSR count). The maximum atomic E-state index is 10.9. The molecule has 0 fully saturated rings. The molecule has 1 aromatic carbocycles. The Morgan fingerprint density at radius 1 is 1.29 bits per heavy atom. The van der Waals surface area contributed by atoms with Crippen LogP contribution in [0.2, 0.25) is 0 Å². The summed E-state index contributed by atoms with van der Waals surface area (Å²) in [6, 6.07) is 2.78. The minimum absolute atomic E-state index is 0.106. The zero-order valence-corrected chi connectivity index (χ0v) is 11.9. The number of halogens is 2. The molecule has 0 atom stereocenters. The number of ether oxygens (including phenoxy) is 2. The molecule has 0 aromatic heterocycles. The molecule has 0 bridgehead atoms. The van der Waals surface area contributed by atoms with Crippen molar-refractivity contribution in [2.24, 2.45) is 0 Å². The van der Waals surface area contributed by atoms with Crippen LogP contribution in [0.25, 0.3) is 0 Å². The average molecular weight is 368 g/mol. The van der Waals surface area contributed by atoms with Crippen molar-refractivity contribution in [3.8, 4) is 5.75 Å². The highest BCUT2D eigenvalue weighted by Gasteiger charge is 2.14. The lowest BCUT2D eigenvalue weighted by molar-refractivity contribution is -0.142. The van der Waals surface area contributed by atoms with Crippen LogP contribution in [0, 0.1) is 0 Å². The van der Waals surface area contributed by atoms with Crippen LogP contribution in [0.3, 0.4) is 0 Å². The van der Waals surface area contributed by atoms with E-state index in [1.165, 1.54) is 19.2 Å². The number of carbonyl (C=O) groups excluding carboxylic acids is 1. The zero-order valence-electron chi connectivity index (χ0n) is 8.70. The third-order valence-corrected chi connectivity index (χ3v) is 2.99. The van der Waals surface area contributed by atoms with Crippen LogP contribution < -0.4 is 4.74 Å². The first-order chi connectivity index (χ1) is 7.95. The van der Waals surface area contributed by atoms with E-state index in [4.69, 9.17) is 9.84 Å². The molecular weight excluding hydrogens is 360 g/mol. The number of hydrogen-bond donors (Lipinski definition) is 1. The molecule has 0 aliphatic carbocycles. The van der Waals surface area contributed by atoms with Crippen LogP contribution in [0.1, 0.15) is 10.4 Å². The van der Waals surface area contributed by atoms with Gasteiger partial charge in [0.2, 0.25) is 0 Å². The van der Waals surface area contributed by atoms with Gasteiger partial charge in [-0.15, -0.1) is 0 Å². The first-order valence-electron chi connectivity index (χ1n) is 4.37. The first kappa shape index (κ1) is 14.0. The monoisotopic (exact) mass is 366 g/mol. The van der Waals surface area contributed by atoms with Crippen LogP contribution in [0.15, 0.2) is 21.1 Å². The molecule has 0 radical (unpaired) electrons. The summed E-state index contributed by atoms with van der Waals surface area (Å²) in [7, 11) is 1.25. The second-order valence-electron chi connectivity index (χ2n) is 2.94. The van der Waals surface area contributed by atoms with Crippen LogP contribution in [-0.2, 0) is 9.53 Å². The topological polar surface area (TPSA) is 72.8 Å². The number of carboxylic acid groups (broad SMARTS) is 1. The van der Waals surface area contributed by atoms with Crippen molar-refractivity contribution in [2.45, 2.75) is 0 Å². The summed E-state index contributed by atoms with van der Waals surface area (Å²) in [5.74, 6) is -1.22. The summed E-state index contributed by atoms with van der Waals surface area (Å²) in [6.45, 7) is -0.250. The largest absolute Gasteiger partial charge is 0.480 e. The number of hydrogen-bond acceptors (Lipinski definition) is 4. The Labute approximate surface area is 114 Å². The highest BCUT2D eigenvalue weighted by Crippen LogP contribution is 2.34. The predicted molar refractivity (Wildman–Crippen MR) is 66.3 cm³/mol. The van der Waals surface area contributed by atoms with Crippen molar-refractivity contribution in [3.05, 3.63) is 26.6 Å². The number of aromatic carboxylic acids is 1. The van der Waals surface area contributed by atoms with Crippen molar-refractivity contribution in [1.82, 2.24) is 0 Å². The maximum Gasteiger partial charge on any atom is 0.343 e. The molecule has 0 aliphatic heterocycles. The number of esters is 1. The summed E-state index contributed by atoms with van der Waals surface area (Å²) >= 11 is 6.34. The molecular formula is C10H8Br2O5. The smallest absolute Gasteiger partial charge is 0.343 e. The summed E-state index contributed by atoms with van der Waals surface area (Å²) in [5.41, 5.74) is 0.106. The Kier molecular flexibility index (Phi) is 4.95. The fourth-order valence-electron chi connectivity index (χ4n) is 1.01. The second-order valence-corrected chi connectivity index (χ2v) is 4.65. The minimum atomic E-state index is -1.05. The number of methoxy groups -OCH3 is 1. The van der Waals surface area contributed by atoms with E-state index < -0.39 is 11.9 Å². The van der Waals surface area contributed by atoms with Crippen molar-refractivity contribution in [2.75, 3.05) is 13.7 Å². The van der Waals surface area contributed by atoms with E-state index in [1.807, 2.05) is 0 Å². The van der Waals surface area contributed by atoms with Gasteiger partial charge in [0.1, 0.15) is 5.75 Å². The molecule has 7 heteroatoms. The summed E-state index contributed by atoms with van der Waals surface area (Å²) < 4.78 is 10.5. The van der Waals surface area contributed by atoms with Gasteiger partial charge in [-0.2, -0.15) is 0 Å². The Bertz CT molecular complexity index is 435. The van der Waals surface area contributed by atoms with Gasteiger partial charge in [-0.25, -0.2) is 9.59 Å². The molecule has 0 heterocycles. The van der Waals surface area contributed by atoms with Gasteiger partial charge < -0.3 is 14.6 Å². The van der Waals surface area contributed by atoms with Gasteiger partial charge in [0.15, 0.2) is 6.61 Å². The van der Waals surface area contributed by atoms with Crippen LogP contribution in [-0.4, -0.2) is 30.8 Å². The van der Waals surface area contributed by atoms with Gasteiger partial charge in [0.25, 0.3) is 0 Å². The first-order valence-corrected chi connectivity index (χ1v) is 5.96. The molecule has 1 N–H and O–H groups in total. The van der Waals surface area contributed by atoms with Crippen molar-refractivity contribution < 1.29 is 24.2 Å². The predicted octanol–water partition coefficient (Wildman–Crippen LogP) is 2.46. The molecule has 0 amide bonds. The summed E-state index contributed by atoms with van der Waals surface area (Å²) in [5, 5.41) is 8.82. The molecule has 0 saturated carbocycles. The lowest BCUT2D eigenvalue weighted by Gasteiger charge is -2.10. The summed E-state index contributed by atoms with van der Waals surface area (Å²) in [4.78, 5) is 21.7. The quantitative estimate of drug-likeness (QED) is 0.827.